The minimum Gasteiger partial charge on any atom is -0.381 e. The number of nitrogens with zero attached hydrogens (tertiary/aromatic N) is 1. The van der Waals surface area contributed by atoms with Crippen LogP contribution in [0, 0.1) is 5.41 Å². The molecule has 0 aliphatic carbocycles. The lowest BCUT2D eigenvalue weighted by atomic mass is 9.81. The first-order valence-electron chi connectivity index (χ1n) is 8.35. The second-order valence-corrected chi connectivity index (χ2v) is 6.52. The number of hydrogen-bond donors (Lipinski definition) is 1. The Hall–Kier alpha value is -0.120. The van der Waals surface area contributed by atoms with Crippen LogP contribution in [-0.2, 0) is 4.74 Å². The van der Waals surface area contributed by atoms with Gasteiger partial charge >= 0.3 is 0 Å². The molecule has 19 heavy (non-hydrogen) atoms. The lowest BCUT2D eigenvalue weighted by molar-refractivity contribution is -0.0257. The Kier molecular flexibility index (Phi) is 6.62. The molecule has 2 rings (SSSR count). The van der Waals surface area contributed by atoms with E-state index >= 15 is 0 Å². The van der Waals surface area contributed by atoms with Gasteiger partial charge in [-0.2, -0.15) is 0 Å². The van der Waals surface area contributed by atoms with Crippen molar-refractivity contribution in [3.63, 3.8) is 0 Å². The third-order valence-electron chi connectivity index (χ3n) is 4.59. The van der Waals surface area contributed by atoms with E-state index in [1.54, 1.807) is 0 Å². The van der Waals surface area contributed by atoms with E-state index in [1.165, 1.54) is 64.6 Å². The van der Waals surface area contributed by atoms with Crippen molar-refractivity contribution >= 4 is 0 Å². The van der Waals surface area contributed by atoms with Crippen molar-refractivity contribution in [3.8, 4) is 0 Å². The summed E-state index contributed by atoms with van der Waals surface area (Å²) in [4.78, 5) is 2.70. The fraction of sp³-hybridized carbons (Fsp3) is 1.00. The van der Waals surface area contributed by atoms with Crippen molar-refractivity contribution in [2.24, 2.45) is 5.41 Å². The number of ether oxygens (including phenoxy) is 1. The van der Waals surface area contributed by atoms with E-state index in [-0.39, 0.29) is 0 Å². The second kappa shape index (κ2) is 8.23. The van der Waals surface area contributed by atoms with Gasteiger partial charge in [0.05, 0.1) is 6.61 Å². The van der Waals surface area contributed by atoms with Gasteiger partial charge in [-0.25, -0.2) is 0 Å². The lowest BCUT2D eigenvalue weighted by Crippen LogP contribution is -2.49. The Morgan fingerprint density at radius 3 is 2.53 bits per heavy atom. The third kappa shape index (κ3) is 5.05. The van der Waals surface area contributed by atoms with Crippen LogP contribution in [0.2, 0.25) is 0 Å². The van der Waals surface area contributed by atoms with Crippen molar-refractivity contribution in [1.29, 1.82) is 0 Å². The molecule has 1 N–H and O–H groups in total. The minimum atomic E-state index is 0.373. The van der Waals surface area contributed by atoms with Crippen LogP contribution in [0.5, 0.6) is 0 Å². The van der Waals surface area contributed by atoms with Crippen molar-refractivity contribution < 1.29 is 4.74 Å². The van der Waals surface area contributed by atoms with Gasteiger partial charge < -0.3 is 15.0 Å². The third-order valence-corrected chi connectivity index (χ3v) is 4.59. The first kappa shape index (κ1) is 15.3. The lowest BCUT2D eigenvalue weighted by Gasteiger charge is -2.41. The fourth-order valence-corrected chi connectivity index (χ4v) is 3.53. The summed E-state index contributed by atoms with van der Waals surface area (Å²) in [6, 6.07) is 0. The Balaban J connectivity index is 1.87. The summed E-state index contributed by atoms with van der Waals surface area (Å²) >= 11 is 0. The number of nitrogens with one attached hydrogen (secondary N) is 1. The van der Waals surface area contributed by atoms with Gasteiger partial charge in [-0.05, 0) is 51.7 Å². The molecule has 1 unspecified atom stereocenters. The zero-order chi connectivity index (χ0) is 13.4. The summed E-state index contributed by atoms with van der Waals surface area (Å²) in [5, 5.41) is 3.64. The van der Waals surface area contributed by atoms with E-state index in [9.17, 15) is 0 Å². The number of rotatable bonds is 6. The highest BCUT2D eigenvalue weighted by molar-refractivity contribution is 4.87. The molecule has 0 aromatic rings. The highest BCUT2D eigenvalue weighted by atomic mass is 16.5. The Morgan fingerprint density at radius 2 is 1.89 bits per heavy atom. The van der Waals surface area contributed by atoms with Crippen LogP contribution in [0.1, 0.15) is 51.9 Å². The molecule has 0 saturated carbocycles. The van der Waals surface area contributed by atoms with E-state index in [4.69, 9.17) is 4.74 Å². The molecule has 0 aromatic heterocycles. The van der Waals surface area contributed by atoms with Gasteiger partial charge in [0.25, 0.3) is 0 Å². The summed E-state index contributed by atoms with van der Waals surface area (Å²) in [5.41, 5.74) is 0.373. The van der Waals surface area contributed by atoms with E-state index < -0.39 is 0 Å². The molecule has 2 saturated heterocycles. The smallest absolute Gasteiger partial charge is 0.0546 e. The maximum Gasteiger partial charge on any atom is 0.0546 e. The van der Waals surface area contributed by atoms with Crippen LogP contribution >= 0.6 is 0 Å². The molecule has 0 radical (unpaired) electrons. The van der Waals surface area contributed by atoms with Crippen LogP contribution in [0.25, 0.3) is 0 Å². The first-order chi connectivity index (χ1) is 9.35. The first-order valence-corrected chi connectivity index (χ1v) is 8.35. The van der Waals surface area contributed by atoms with Gasteiger partial charge in [0.1, 0.15) is 0 Å². The number of hydrogen-bond acceptors (Lipinski definition) is 3. The molecule has 0 spiro atoms. The van der Waals surface area contributed by atoms with Crippen molar-refractivity contribution in [2.75, 3.05) is 45.9 Å². The predicted octanol–water partition coefficient (Wildman–Crippen LogP) is 2.66. The zero-order valence-electron chi connectivity index (χ0n) is 12.8. The van der Waals surface area contributed by atoms with Crippen LogP contribution in [0.3, 0.4) is 0 Å². The topological polar surface area (TPSA) is 24.5 Å². The average Bonchev–Trinajstić information content (AvgIpc) is 2.69. The quantitative estimate of drug-likeness (QED) is 0.750. The molecule has 112 valence electrons. The molecule has 2 aliphatic heterocycles. The Morgan fingerprint density at radius 1 is 1.11 bits per heavy atom. The van der Waals surface area contributed by atoms with Gasteiger partial charge in [-0.15, -0.1) is 0 Å². The summed E-state index contributed by atoms with van der Waals surface area (Å²) in [6.45, 7) is 10.3. The van der Waals surface area contributed by atoms with Crippen LogP contribution in [0.4, 0.5) is 0 Å². The SMILES string of the molecule is CCCNCC1(CN2CCCCCC2)CCCOC1. The second-order valence-electron chi connectivity index (χ2n) is 6.52. The molecule has 1 atom stereocenters. The van der Waals surface area contributed by atoms with E-state index in [0.717, 1.165) is 26.3 Å². The van der Waals surface area contributed by atoms with Crippen LogP contribution in [0.15, 0.2) is 0 Å². The molecule has 3 nitrogen and oxygen atoms in total. The van der Waals surface area contributed by atoms with Gasteiger partial charge in [0.15, 0.2) is 0 Å². The Bertz CT molecular complexity index is 231. The standard InChI is InChI=1S/C16H32N2O/c1-2-9-17-13-16(8-7-12-19-15-16)14-18-10-5-3-4-6-11-18/h17H,2-15H2,1H3. The summed E-state index contributed by atoms with van der Waals surface area (Å²) in [6.07, 6.45) is 9.42. The van der Waals surface area contributed by atoms with E-state index in [0.29, 0.717) is 5.41 Å². The van der Waals surface area contributed by atoms with Crippen molar-refractivity contribution in [1.82, 2.24) is 10.2 Å². The monoisotopic (exact) mass is 268 g/mol. The average molecular weight is 268 g/mol. The van der Waals surface area contributed by atoms with Gasteiger partial charge in [0, 0.05) is 25.1 Å². The molecule has 0 bridgehead atoms. The highest BCUT2D eigenvalue weighted by Gasteiger charge is 2.34. The maximum absolute atomic E-state index is 5.82. The molecule has 0 amide bonds. The maximum atomic E-state index is 5.82. The normalized spacial score (nSPS) is 30.2. The molecule has 3 heteroatoms. The van der Waals surface area contributed by atoms with Crippen molar-refractivity contribution in [3.05, 3.63) is 0 Å². The largest absolute Gasteiger partial charge is 0.381 e. The summed E-state index contributed by atoms with van der Waals surface area (Å²) < 4.78 is 5.82. The van der Waals surface area contributed by atoms with E-state index in [2.05, 4.69) is 17.1 Å². The predicted molar refractivity (Wildman–Crippen MR) is 80.6 cm³/mol. The van der Waals surface area contributed by atoms with Gasteiger partial charge in [-0.3, -0.25) is 0 Å². The Labute approximate surface area is 119 Å². The molecular formula is C16H32N2O. The molecule has 2 aliphatic rings. The minimum absolute atomic E-state index is 0.373. The molecule has 2 fully saturated rings. The summed E-state index contributed by atoms with van der Waals surface area (Å²) in [7, 11) is 0. The fourth-order valence-electron chi connectivity index (χ4n) is 3.53. The van der Waals surface area contributed by atoms with Crippen molar-refractivity contribution in [2.45, 2.75) is 51.9 Å². The van der Waals surface area contributed by atoms with Crippen LogP contribution in [-0.4, -0.2) is 50.8 Å². The zero-order valence-corrected chi connectivity index (χ0v) is 12.8. The molecule has 0 aromatic carbocycles. The van der Waals surface area contributed by atoms with Crippen LogP contribution < -0.4 is 5.32 Å². The van der Waals surface area contributed by atoms with Gasteiger partial charge in [0.2, 0.25) is 0 Å². The summed E-state index contributed by atoms with van der Waals surface area (Å²) in [5.74, 6) is 0. The number of likely N-dealkylation sites (tertiary alicyclic amines) is 1. The molecular weight excluding hydrogens is 236 g/mol. The molecule has 2 heterocycles. The van der Waals surface area contributed by atoms with Gasteiger partial charge in [-0.1, -0.05) is 19.8 Å². The van der Waals surface area contributed by atoms with E-state index in [1.807, 2.05) is 0 Å². The highest BCUT2D eigenvalue weighted by Crippen LogP contribution is 2.30.